The van der Waals surface area contributed by atoms with E-state index < -0.39 is 0 Å². The number of hydrogen-bond acceptors (Lipinski definition) is 4. The zero-order valence-corrected chi connectivity index (χ0v) is 16.4. The van der Waals surface area contributed by atoms with E-state index in [1.165, 1.54) is 0 Å². The molecule has 0 aliphatic heterocycles. The molecule has 1 aromatic carbocycles. The predicted octanol–water partition coefficient (Wildman–Crippen LogP) is 4.08. The van der Waals surface area contributed by atoms with Crippen LogP contribution in [0.4, 0.5) is 0 Å². The molecule has 5 nitrogen and oxygen atoms in total. The van der Waals surface area contributed by atoms with E-state index >= 15 is 0 Å². The smallest absolute Gasteiger partial charge is 0.253 e. The van der Waals surface area contributed by atoms with Crippen molar-refractivity contribution in [2.75, 3.05) is 0 Å². The first-order chi connectivity index (χ1) is 13.1. The summed E-state index contributed by atoms with van der Waals surface area (Å²) in [7, 11) is 0. The lowest BCUT2D eigenvalue weighted by atomic mass is 10.0. The van der Waals surface area contributed by atoms with E-state index in [0.29, 0.717) is 23.0 Å². The number of pyridine rings is 1. The quantitative estimate of drug-likeness (QED) is 0.800. The van der Waals surface area contributed by atoms with Crippen molar-refractivity contribution >= 4 is 21.8 Å². The number of ether oxygens (including phenoxy) is 1. The monoisotopic (exact) mass is 425 g/mol. The lowest BCUT2D eigenvalue weighted by Gasteiger charge is -2.18. The lowest BCUT2D eigenvalue weighted by Crippen LogP contribution is -2.33. The molecule has 2 fully saturated rings. The Hall–Kier alpha value is -2.39. The Bertz CT molecular complexity index is 867. The molecule has 138 valence electrons. The van der Waals surface area contributed by atoms with E-state index in [1.54, 1.807) is 30.6 Å². The normalized spacial score (nSPS) is 26.2. The number of aromatic nitrogens is 1. The van der Waals surface area contributed by atoms with Crippen LogP contribution in [0.5, 0.6) is 5.75 Å². The van der Waals surface area contributed by atoms with Crippen molar-refractivity contribution in [3.8, 4) is 11.8 Å². The Kier molecular flexibility index (Phi) is 5.13. The molecule has 0 spiro atoms. The van der Waals surface area contributed by atoms with Gasteiger partial charge in [0, 0.05) is 22.9 Å². The molecule has 1 N–H and O–H groups in total. The fourth-order valence-corrected chi connectivity index (χ4v) is 4.84. The van der Waals surface area contributed by atoms with Crippen molar-refractivity contribution in [1.82, 2.24) is 10.3 Å². The number of fused-ring (bicyclic) bond motifs is 1. The van der Waals surface area contributed by atoms with E-state index in [0.717, 1.165) is 35.9 Å². The van der Waals surface area contributed by atoms with Crippen LogP contribution in [0.15, 0.2) is 47.2 Å². The van der Waals surface area contributed by atoms with Crippen LogP contribution in [0.1, 0.15) is 41.6 Å². The van der Waals surface area contributed by atoms with Crippen LogP contribution in [-0.4, -0.2) is 23.0 Å². The van der Waals surface area contributed by atoms with Crippen molar-refractivity contribution < 1.29 is 9.53 Å². The Balaban J connectivity index is 1.30. The van der Waals surface area contributed by atoms with Crippen LogP contribution in [0.2, 0.25) is 0 Å². The van der Waals surface area contributed by atoms with Gasteiger partial charge in [0.15, 0.2) is 0 Å². The second-order valence-corrected chi connectivity index (χ2v) is 8.22. The molecular weight excluding hydrogens is 406 g/mol. The number of halogens is 1. The molecule has 4 rings (SSSR count). The second-order valence-electron chi connectivity index (χ2n) is 7.37. The molecule has 6 heteroatoms. The van der Waals surface area contributed by atoms with Crippen molar-refractivity contribution in [2.24, 2.45) is 11.8 Å². The van der Waals surface area contributed by atoms with Crippen molar-refractivity contribution in [3.05, 3.63) is 58.3 Å². The number of hydrogen-bond donors (Lipinski definition) is 1. The molecule has 0 radical (unpaired) electrons. The average molecular weight is 426 g/mol. The van der Waals surface area contributed by atoms with Gasteiger partial charge in [0.25, 0.3) is 5.91 Å². The Labute approximate surface area is 166 Å². The number of benzene rings is 1. The summed E-state index contributed by atoms with van der Waals surface area (Å²) in [5.41, 5.74) is 1.22. The van der Waals surface area contributed by atoms with E-state index in [-0.39, 0.29) is 18.1 Å². The van der Waals surface area contributed by atoms with Crippen LogP contribution in [0.25, 0.3) is 0 Å². The summed E-state index contributed by atoms with van der Waals surface area (Å²) >= 11 is 3.41. The maximum atomic E-state index is 12.3. The summed E-state index contributed by atoms with van der Waals surface area (Å²) in [5.74, 6) is 1.95. The highest BCUT2D eigenvalue weighted by atomic mass is 79.9. The summed E-state index contributed by atoms with van der Waals surface area (Å²) in [6.45, 7) is 0. The van der Waals surface area contributed by atoms with Crippen LogP contribution in [0, 0.1) is 23.2 Å². The standard InChI is InChI=1S/C21H20BrN3O2/c22-20-10-18(4-3-13(20)11-23)27-19-8-15-6-17(7-16(15)9-19)25-21(26)14-2-1-5-24-12-14/h1-5,10,12,15-17,19H,6-9H2,(H,25,26). The van der Waals surface area contributed by atoms with Gasteiger partial charge >= 0.3 is 0 Å². The minimum absolute atomic E-state index is 0.0386. The maximum absolute atomic E-state index is 12.3. The molecule has 2 atom stereocenters. The first-order valence-corrected chi connectivity index (χ1v) is 9.99. The second kappa shape index (κ2) is 7.69. The fraction of sp³-hybridized carbons (Fsp3) is 0.381. The summed E-state index contributed by atoms with van der Waals surface area (Å²) in [6.07, 6.45) is 7.52. The molecule has 2 saturated carbocycles. The molecule has 27 heavy (non-hydrogen) atoms. The third kappa shape index (κ3) is 3.98. The van der Waals surface area contributed by atoms with Gasteiger partial charge in [0.05, 0.1) is 17.2 Å². The number of nitrogens with one attached hydrogen (secondary N) is 1. The van der Waals surface area contributed by atoms with Crippen molar-refractivity contribution in [3.63, 3.8) is 0 Å². The molecule has 0 saturated heterocycles. The van der Waals surface area contributed by atoms with Crippen LogP contribution >= 0.6 is 15.9 Å². The first kappa shape index (κ1) is 18.0. The Morgan fingerprint density at radius 1 is 1.22 bits per heavy atom. The number of carbonyl (C=O) groups is 1. The van der Waals surface area contributed by atoms with Gasteiger partial charge in [-0.3, -0.25) is 9.78 Å². The first-order valence-electron chi connectivity index (χ1n) is 9.19. The SMILES string of the molecule is N#Cc1ccc(OC2CC3CC(NC(=O)c4cccnc4)CC3C2)cc1Br. The number of nitrogens with zero attached hydrogens (tertiary/aromatic N) is 2. The fourth-order valence-electron chi connectivity index (χ4n) is 4.39. The third-order valence-corrected chi connectivity index (χ3v) is 6.25. The van der Waals surface area contributed by atoms with Gasteiger partial charge < -0.3 is 10.1 Å². The van der Waals surface area contributed by atoms with Gasteiger partial charge in [-0.25, -0.2) is 0 Å². The molecule has 1 aromatic heterocycles. The average Bonchev–Trinajstić information content (AvgIpc) is 3.20. The van der Waals surface area contributed by atoms with Gasteiger partial charge in [-0.1, -0.05) is 0 Å². The molecule has 1 heterocycles. The number of carbonyl (C=O) groups excluding carboxylic acids is 1. The van der Waals surface area contributed by atoms with E-state index in [1.807, 2.05) is 12.1 Å². The Morgan fingerprint density at radius 3 is 2.63 bits per heavy atom. The highest BCUT2D eigenvalue weighted by Crippen LogP contribution is 2.45. The van der Waals surface area contributed by atoms with Gasteiger partial charge in [-0.15, -0.1) is 0 Å². The zero-order chi connectivity index (χ0) is 18.8. The number of amides is 1. The summed E-state index contributed by atoms with van der Waals surface area (Å²) in [6, 6.07) is 11.4. The predicted molar refractivity (Wildman–Crippen MR) is 104 cm³/mol. The highest BCUT2D eigenvalue weighted by Gasteiger charge is 2.43. The van der Waals surface area contributed by atoms with Gasteiger partial charge in [-0.2, -0.15) is 5.26 Å². The maximum Gasteiger partial charge on any atom is 0.253 e. The minimum Gasteiger partial charge on any atom is -0.490 e. The van der Waals surface area contributed by atoms with Crippen molar-refractivity contribution in [1.29, 1.82) is 5.26 Å². The zero-order valence-electron chi connectivity index (χ0n) is 14.8. The largest absolute Gasteiger partial charge is 0.490 e. The van der Waals surface area contributed by atoms with Gasteiger partial charge in [0.2, 0.25) is 0 Å². The third-order valence-electron chi connectivity index (χ3n) is 5.60. The van der Waals surface area contributed by atoms with E-state index in [2.05, 4.69) is 32.3 Å². The van der Waals surface area contributed by atoms with Crippen LogP contribution < -0.4 is 10.1 Å². The number of rotatable bonds is 4. The minimum atomic E-state index is -0.0386. The molecule has 2 unspecified atom stereocenters. The van der Waals surface area contributed by atoms with Crippen LogP contribution in [0.3, 0.4) is 0 Å². The highest BCUT2D eigenvalue weighted by molar-refractivity contribution is 9.10. The summed E-state index contributed by atoms with van der Waals surface area (Å²) in [5, 5.41) is 12.2. The lowest BCUT2D eigenvalue weighted by molar-refractivity contribution is 0.0934. The molecule has 0 bridgehead atoms. The summed E-state index contributed by atoms with van der Waals surface area (Å²) < 4.78 is 6.91. The Morgan fingerprint density at radius 2 is 2.00 bits per heavy atom. The van der Waals surface area contributed by atoms with Crippen LogP contribution in [-0.2, 0) is 0 Å². The molecule has 1 amide bonds. The molecule has 2 aliphatic rings. The van der Waals surface area contributed by atoms with Gasteiger partial charge in [0.1, 0.15) is 11.8 Å². The van der Waals surface area contributed by atoms with Crippen molar-refractivity contribution in [2.45, 2.75) is 37.8 Å². The summed E-state index contributed by atoms with van der Waals surface area (Å²) in [4.78, 5) is 16.3. The van der Waals surface area contributed by atoms with Gasteiger partial charge in [-0.05, 0) is 83.8 Å². The van der Waals surface area contributed by atoms with E-state index in [4.69, 9.17) is 10.00 Å². The topological polar surface area (TPSA) is 75.0 Å². The number of nitriles is 1. The molecule has 2 aliphatic carbocycles. The molecule has 2 aromatic rings. The molecular formula is C21H20BrN3O2. The van der Waals surface area contributed by atoms with E-state index in [9.17, 15) is 4.79 Å².